The molecule has 4 atom stereocenters. The van der Waals surface area contributed by atoms with Crippen LogP contribution in [0.25, 0.3) is 0 Å². The highest BCUT2D eigenvalue weighted by Gasteiger charge is 2.38. The maximum Gasteiger partial charge on any atom is 0.330 e. The third-order valence-corrected chi connectivity index (χ3v) is 7.98. The number of carbonyl (C=O) groups is 5. The number of ether oxygens (including phenoxy) is 1. The number of ketones is 4. The van der Waals surface area contributed by atoms with Gasteiger partial charge in [-0.25, -0.2) is 4.79 Å². The first-order chi connectivity index (χ1) is 28.2. The minimum atomic E-state index is -0.894. The van der Waals surface area contributed by atoms with Crippen LogP contribution in [0.15, 0.2) is 22.4 Å². The summed E-state index contributed by atoms with van der Waals surface area (Å²) in [5.74, 6) is -0.173. The first-order valence-electron chi connectivity index (χ1n) is 22.6. The fraction of sp³-hybridized carbons (Fsp3) is 0.820. The third kappa shape index (κ3) is 35.0. The zero-order chi connectivity index (χ0) is 52.1. The topological polar surface area (TPSA) is 189 Å². The minimum absolute atomic E-state index is 0.0505. The first kappa shape index (κ1) is 67.3. The Balaban J connectivity index is -0.000000375. The van der Waals surface area contributed by atoms with E-state index in [2.05, 4.69) is 62.6 Å². The van der Waals surface area contributed by atoms with Crippen LogP contribution >= 0.6 is 0 Å². The molecule has 0 aliphatic rings. The van der Waals surface area contributed by atoms with E-state index in [4.69, 9.17) is 4.74 Å². The molecule has 14 heteroatoms. The Bertz CT molecular complexity index is 1440. The summed E-state index contributed by atoms with van der Waals surface area (Å²) >= 11 is 0. The van der Waals surface area contributed by atoms with Crippen LogP contribution in [0, 0.1) is 21.7 Å². The van der Waals surface area contributed by atoms with Gasteiger partial charge in [-0.3, -0.25) is 40.4 Å². The van der Waals surface area contributed by atoms with E-state index in [9.17, 15) is 24.0 Å². The Kier molecular flexibility index (Phi) is 29.4. The summed E-state index contributed by atoms with van der Waals surface area (Å²) in [6.07, 6.45) is 6.99. The molecule has 0 aliphatic heterocycles. The van der Waals surface area contributed by atoms with Gasteiger partial charge < -0.3 is 15.0 Å². The van der Waals surface area contributed by atoms with Gasteiger partial charge in [0.25, 0.3) is 0 Å². The van der Waals surface area contributed by atoms with Crippen molar-refractivity contribution in [1.82, 2.24) is 26.7 Å². The molecule has 0 aromatic carbocycles. The van der Waals surface area contributed by atoms with Crippen molar-refractivity contribution in [3.05, 3.63) is 12.2 Å². The number of Topliss-reactive ketones (excluding diaryl/α,β-unsaturated/α-hetero) is 4. The molecule has 0 rings (SSSR count). The molecule has 0 spiro atoms. The SMILES string of the molecule is C/C=C/C(NC(C)(C)C)C(=O)C(C)(C)C.CCOC(=O)C(NC(C)(C)C)C(=O)C(C)(C)C.CNN=CC(NC(C)(C)C)C(=O)C(C)(C)C.CON=CC(NC(C)(C)C)C(=O)C(C)(C)C. The fourth-order valence-corrected chi connectivity index (χ4v) is 5.13. The number of hydrazone groups is 1. The highest BCUT2D eigenvalue weighted by Crippen LogP contribution is 2.21. The summed E-state index contributed by atoms with van der Waals surface area (Å²) in [6.45, 7) is 50.7. The van der Waals surface area contributed by atoms with E-state index in [1.54, 1.807) is 41.0 Å². The largest absolute Gasteiger partial charge is 0.464 e. The van der Waals surface area contributed by atoms with Gasteiger partial charge in [-0.05, 0) is 96.9 Å². The summed E-state index contributed by atoms with van der Waals surface area (Å²) in [4.78, 5) is 65.1. The van der Waals surface area contributed by atoms with E-state index >= 15 is 0 Å². The monoisotopic (exact) mass is 910 g/mol. The fourth-order valence-electron chi connectivity index (χ4n) is 5.13. The van der Waals surface area contributed by atoms with Crippen molar-refractivity contribution in [2.75, 3.05) is 20.8 Å². The van der Waals surface area contributed by atoms with E-state index in [-0.39, 0.29) is 74.8 Å². The molecule has 0 heterocycles. The lowest BCUT2D eigenvalue weighted by Gasteiger charge is -2.30. The first-order valence-corrected chi connectivity index (χ1v) is 22.6. The smallest absolute Gasteiger partial charge is 0.330 e. The number of hydrogen-bond donors (Lipinski definition) is 5. The Morgan fingerprint density at radius 2 is 0.812 bits per heavy atom. The quantitative estimate of drug-likeness (QED) is 0.0348. The molecule has 0 saturated carbocycles. The maximum absolute atomic E-state index is 12.2. The predicted octanol–water partition coefficient (Wildman–Crippen LogP) is 8.41. The van der Waals surface area contributed by atoms with Crippen molar-refractivity contribution in [2.24, 2.45) is 31.9 Å². The summed E-state index contributed by atoms with van der Waals surface area (Å²) in [7, 11) is 3.18. The standard InChI is InChI=1S/C13H25NO3.C13H25NO.C12H25N3O.C12H24N2O2/c1-8-17-11(16)9(14-13(5,6)7)10(15)12(2,3)4;1-8-9-10(14-13(5,6)7)11(15)12(2,3)4;1-11(2,3)10(16)9(8-14-13-7)15-12(4,5)6;1-11(2,3)10(15)9(8-13-16-7)14-12(4,5)6/h9,14H,8H2,1-7H3;8-10,14H,1-7H3;8-9,13,15H,1-7H3;8-9,14H,1-7H3/b;9-8+;;. The molecule has 0 saturated heterocycles. The molecule has 0 radical (unpaired) electrons. The summed E-state index contributed by atoms with van der Waals surface area (Å²) < 4.78 is 4.94. The third-order valence-electron chi connectivity index (χ3n) is 7.98. The Morgan fingerprint density at radius 3 is 1.08 bits per heavy atom. The minimum Gasteiger partial charge on any atom is -0.464 e. The molecule has 4 unspecified atom stereocenters. The van der Waals surface area contributed by atoms with Gasteiger partial charge in [-0.15, -0.1) is 0 Å². The number of hydrogen-bond acceptors (Lipinski definition) is 14. The van der Waals surface area contributed by atoms with E-state index in [0.717, 1.165) is 0 Å². The molecule has 0 fully saturated rings. The van der Waals surface area contributed by atoms with Crippen LogP contribution in [-0.2, 0) is 33.5 Å². The van der Waals surface area contributed by atoms with Gasteiger partial charge in [0.1, 0.15) is 19.2 Å². The van der Waals surface area contributed by atoms with Gasteiger partial charge in [0.15, 0.2) is 29.2 Å². The van der Waals surface area contributed by atoms with Gasteiger partial charge in [-0.1, -0.05) is 100 Å². The summed E-state index contributed by atoms with van der Waals surface area (Å²) in [5, 5.41) is 20.4. The van der Waals surface area contributed by atoms with Gasteiger partial charge in [0, 0.05) is 57.1 Å². The van der Waals surface area contributed by atoms with Crippen molar-refractivity contribution in [3.8, 4) is 0 Å². The predicted molar refractivity (Wildman–Crippen MR) is 269 cm³/mol. The van der Waals surface area contributed by atoms with Crippen LogP contribution in [-0.4, -0.2) is 109 Å². The van der Waals surface area contributed by atoms with Crippen molar-refractivity contribution < 1.29 is 33.5 Å². The van der Waals surface area contributed by atoms with Crippen LogP contribution in [0.4, 0.5) is 0 Å². The molecule has 0 aromatic rings. The number of nitrogens with one attached hydrogen (secondary N) is 5. The van der Waals surface area contributed by atoms with Crippen LogP contribution in [0.2, 0.25) is 0 Å². The molecule has 14 nitrogen and oxygen atoms in total. The molecule has 5 N–H and O–H groups in total. The molecule has 376 valence electrons. The highest BCUT2D eigenvalue weighted by molar-refractivity contribution is 6.05. The zero-order valence-corrected chi connectivity index (χ0v) is 46.1. The average Bonchev–Trinajstić information content (AvgIpc) is 3.06. The molecule has 0 bridgehead atoms. The molecule has 0 aromatic heterocycles. The van der Waals surface area contributed by atoms with Crippen LogP contribution in [0.3, 0.4) is 0 Å². The average molecular weight is 910 g/mol. The molecular formula is C50H99N7O7. The normalized spacial score (nSPS) is 15.1. The number of carbonyl (C=O) groups excluding carboxylic acids is 5. The Hall–Kier alpha value is -3.33. The van der Waals surface area contributed by atoms with Gasteiger partial charge >= 0.3 is 5.97 Å². The zero-order valence-electron chi connectivity index (χ0n) is 46.1. The van der Waals surface area contributed by atoms with E-state index in [0.29, 0.717) is 0 Å². The summed E-state index contributed by atoms with van der Waals surface area (Å²) in [5.41, 5.74) is 0.379. The molecule has 0 aliphatic carbocycles. The second-order valence-electron chi connectivity index (χ2n) is 24.1. The lowest BCUT2D eigenvalue weighted by Crippen LogP contribution is -2.55. The van der Waals surface area contributed by atoms with Gasteiger partial charge in [0.05, 0.1) is 18.9 Å². The molecule has 0 amide bonds. The highest BCUT2D eigenvalue weighted by atomic mass is 16.6. The van der Waals surface area contributed by atoms with Crippen molar-refractivity contribution in [2.45, 2.75) is 226 Å². The van der Waals surface area contributed by atoms with Crippen molar-refractivity contribution >= 4 is 41.5 Å². The second kappa shape index (κ2) is 28.0. The van der Waals surface area contributed by atoms with Gasteiger partial charge in [0.2, 0.25) is 0 Å². The Labute approximate surface area is 391 Å². The molecule has 64 heavy (non-hydrogen) atoms. The van der Waals surface area contributed by atoms with E-state index < -0.39 is 28.9 Å². The lowest BCUT2D eigenvalue weighted by molar-refractivity contribution is -0.151. The molecular weight excluding hydrogens is 811 g/mol. The van der Waals surface area contributed by atoms with E-state index in [1.165, 1.54) is 13.3 Å². The summed E-state index contributed by atoms with van der Waals surface area (Å²) in [6, 6.07) is -1.85. The van der Waals surface area contributed by atoms with Crippen LogP contribution in [0.5, 0.6) is 0 Å². The van der Waals surface area contributed by atoms with Crippen LogP contribution < -0.4 is 26.7 Å². The van der Waals surface area contributed by atoms with Gasteiger partial charge in [-0.2, -0.15) is 5.10 Å². The lowest BCUT2D eigenvalue weighted by atomic mass is 9.85. The van der Waals surface area contributed by atoms with Crippen LogP contribution in [0.1, 0.15) is 180 Å². The Morgan fingerprint density at radius 1 is 0.500 bits per heavy atom. The van der Waals surface area contributed by atoms with Crippen molar-refractivity contribution in [3.63, 3.8) is 0 Å². The van der Waals surface area contributed by atoms with Crippen molar-refractivity contribution in [1.29, 1.82) is 0 Å². The maximum atomic E-state index is 12.2. The number of oxime groups is 1. The second-order valence-corrected chi connectivity index (χ2v) is 24.1. The van der Waals surface area contributed by atoms with E-state index in [1.807, 2.05) is 144 Å². The number of esters is 1. The number of allylic oxidation sites excluding steroid dienone is 1. The number of rotatable bonds is 15. The number of nitrogens with zero attached hydrogens (tertiary/aromatic N) is 2.